The molecule has 0 saturated heterocycles. The van der Waals surface area contributed by atoms with Gasteiger partial charge in [0.2, 0.25) is 0 Å². The van der Waals surface area contributed by atoms with E-state index < -0.39 is 0 Å². The van der Waals surface area contributed by atoms with Crippen molar-refractivity contribution in [2.24, 2.45) is 0 Å². The third-order valence-corrected chi connectivity index (χ3v) is 10.1. The number of ketones is 1. The molecule has 2 heterocycles. The zero-order valence-electron chi connectivity index (χ0n) is 23.0. The number of fused-ring (bicyclic) bond motifs is 3. The average Bonchev–Trinajstić information content (AvgIpc) is 3.59. The van der Waals surface area contributed by atoms with Crippen LogP contribution in [0.2, 0.25) is 0 Å². The highest BCUT2D eigenvalue weighted by Gasteiger charge is 2.40. The summed E-state index contributed by atoms with van der Waals surface area (Å²) in [6, 6.07) is 34.6. The van der Waals surface area contributed by atoms with Gasteiger partial charge in [-0.1, -0.05) is 73.5 Å². The summed E-state index contributed by atoms with van der Waals surface area (Å²) >= 11 is 3.57. The van der Waals surface area contributed by atoms with Crippen molar-refractivity contribution in [2.75, 3.05) is 4.90 Å². The number of anilines is 3. The molecule has 0 saturated carbocycles. The molecular weight excluding hydrogens is 527 g/mol. The quantitative estimate of drug-likeness (QED) is 0.202. The smallest absolute Gasteiger partial charge is 0.190 e. The number of carbonyl (C=O) groups excluding carboxylic acids is 1. The van der Waals surface area contributed by atoms with E-state index in [0.717, 1.165) is 33.0 Å². The maximum atomic E-state index is 13.3. The van der Waals surface area contributed by atoms with Crippen LogP contribution in [0.5, 0.6) is 0 Å². The van der Waals surface area contributed by atoms with Crippen molar-refractivity contribution >= 4 is 71.1 Å². The Morgan fingerprint density at radius 1 is 0.700 bits per heavy atom. The molecule has 6 aromatic rings. The molecule has 7 rings (SSSR count). The van der Waals surface area contributed by atoms with Gasteiger partial charge in [-0.25, -0.2) is 0 Å². The van der Waals surface area contributed by atoms with Crippen LogP contribution in [0.1, 0.15) is 45.8 Å². The van der Waals surface area contributed by atoms with Crippen LogP contribution >= 0.6 is 22.7 Å². The van der Waals surface area contributed by atoms with Crippen molar-refractivity contribution in [3.63, 3.8) is 0 Å². The predicted octanol–water partition coefficient (Wildman–Crippen LogP) is 10.8. The Bertz CT molecular complexity index is 1860. The van der Waals surface area contributed by atoms with E-state index in [-0.39, 0.29) is 11.2 Å². The fourth-order valence-corrected chi connectivity index (χ4v) is 7.91. The number of Topliss-reactive ketones (excluding diaryl/α,β-unsaturated/α-hetero) is 1. The van der Waals surface area contributed by atoms with Gasteiger partial charge in [-0.2, -0.15) is 0 Å². The standard InChI is InChI=1S/C36H29NOS2/c1-22-9-13-26(14-10-22)37(27-15-11-23(2)12-16-27)34-20-25-19-32-24(18-33(25)40-34)17-28(39-32)21-31-35(38)29-7-5-6-8-30(29)36(31,3)4/h5-21H,1-4H3/b31-21+. The lowest BCUT2D eigenvalue weighted by atomic mass is 9.82. The van der Waals surface area contributed by atoms with Gasteiger partial charge >= 0.3 is 0 Å². The Balaban J connectivity index is 1.29. The molecule has 0 aliphatic heterocycles. The summed E-state index contributed by atoms with van der Waals surface area (Å²) in [6.45, 7) is 8.56. The number of thiophene rings is 2. The van der Waals surface area contributed by atoms with E-state index in [4.69, 9.17) is 0 Å². The first-order valence-corrected chi connectivity index (χ1v) is 15.2. The first-order valence-electron chi connectivity index (χ1n) is 13.5. The topological polar surface area (TPSA) is 20.3 Å². The lowest BCUT2D eigenvalue weighted by Crippen LogP contribution is -2.16. The number of hydrogen-bond donors (Lipinski definition) is 0. The third kappa shape index (κ3) is 4.11. The van der Waals surface area contributed by atoms with Gasteiger partial charge in [-0.3, -0.25) is 4.79 Å². The molecule has 0 N–H and O–H groups in total. The minimum absolute atomic E-state index is 0.149. The second-order valence-corrected chi connectivity index (χ2v) is 13.4. The number of carbonyl (C=O) groups is 1. The Morgan fingerprint density at radius 3 is 1.90 bits per heavy atom. The zero-order valence-corrected chi connectivity index (χ0v) is 24.6. The summed E-state index contributed by atoms with van der Waals surface area (Å²) in [5, 5.41) is 3.65. The van der Waals surface area contributed by atoms with Crippen LogP contribution < -0.4 is 4.90 Å². The van der Waals surface area contributed by atoms with Crippen molar-refractivity contribution in [1.29, 1.82) is 0 Å². The summed E-state index contributed by atoms with van der Waals surface area (Å²) in [5.74, 6) is 0.149. The SMILES string of the molecule is Cc1ccc(N(c2ccc(C)cc2)c2cc3cc4sc(/C=C5\C(=O)c6ccccc6C5(C)C)cc4cc3s2)cc1. The van der Waals surface area contributed by atoms with Crippen LogP contribution in [0.3, 0.4) is 0 Å². The number of hydrogen-bond acceptors (Lipinski definition) is 4. The number of aryl methyl sites for hydroxylation is 2. The van der Waals surface area contributed by atoms with Crippen LogP contribution in [0.25, 0.3) is 26.2 Å². The summed E-state index contributed by atoms with van der Waals surface area (Å²) in [7, 11) is 0. The first-order chi connectivity index (χ1) is 19.3. The molecular formula is C36H29NOS2. The van der Waals surface area contributed by atoms with Crippen molar-refractivity contribution in [3.8, 4) is 0 Å². The van der Waals surface area contributed by atoms with E-state index in [1.807, 2.05) is 29.5 Å². The zero-order chi connectivity index (χ0) is 27.6. The van der Waals surface area contributed by atoms with Crippen LogP contribution in [-0.4, -0.2) is 5.78 Å². The number of benzene rings is 4. The molecule has 0 amide bonds. The molecule has 2 aromatic heterocycles. The van der Waals surface area contributed by atoms with Crippen LogP contribution in [0.4, 0.5) is 16.4 Å². The third-order valence-electron chi connectivity index (χ3n) is 8.02. The highest BCUT2D eigenvalue weighted by molar-refractivity contribution is 7.23. The monoisotopic (exact) mass is 555 g/mol. The molecule has 2 nitrogen and oxygen atoms in total. The molecule has 40 heavy (non-hydrogen) atoms. The van der Waals surface area contributed by atoms with Gasteiger partial charge in [0.1, 0.15) is 5.00 Å². The van der Waals surface area contributed by atoms with Crippen molar-refractivity contribution in [3.05, 3.63) is 130 Å². The number of nitrogens with zero attached hydrogens (tertiary/aromatic N) is 1. The Labute approximate surface area is 242 Å². The van der Waals surface area contributed by atoms with Gasteiger partial charge < -0.3 is 4.90 Å². The molecule has 0 unspecified atom stereocenters. The summed E-state index contributed by atoms with van der Waals surface area (Å²) < 4.78 is 2.50. The van der Waals surface area contributed by atoms with Crippen molar-refractivity contribution in [1.82, 2.24) is 0 Å². The van der Waals surface area contributed by atoms with E-state index in [0.29, 0.717) is 0 Å². The van der Waals surface area contributed by atoms with Crippen LogP contribution in [-0.2, 0) is 5.41 Å². The number of rotatable bonds is 4. The molecule has 4 heteroatoms. The molecule has 0 spiro atoms. The molecule has 0 bridgehead atoms. The van der Waals surface area contributed by atoms with Gasteiger partial charge in [0.25, 0.3) is 0 Å². The van der Waals surface area contributed by atoms with E-state index in [1.165, 1.54) is 36.3 Å². The molecule has 1 aliphatic rings. The largest absolute Gasteiger partial charge is 0.302 e. The molecule has 4 aromatic carbocycles. The highest BCUT2D eigenvalue weighted by atomic mass is 32.1. The Hall–Kier alpha value is -3.99. The highest BCUT2D eigenvalue weighted by Crippen LogP contribution is 2.46. The molecule has 196 valence electrons. The molecule has 0 radical (unpaired) electrons. The van der Waals surface area contributed by atoms with E-state index in [2.05, 4.69) is 118 Å². The first kappa shape index (κ1) is 25.0. The van der Waals surface area contributed by atoms with Crippen molar-refractivity contribution in [2.45, 2.75) is 33.1 Å². The lowest BCUT2D eigenvalue weighted by molar-refractivity contribution is 0.103. The summed E-state index contributed by atoms with van der Waals surface area (Å²) in [6.07, 6.45) is 2.11. The lowest BCUT2D eigenvalue weighted by Gasteiger charge is -2.23. The Morgan fingerprint density at radius 2 is 1.27 bits per heavy atom. The normalized spacial score (nSPS) is 15.3. The molecule has 0 fully saturated rings. The second-order valence-electron chi connectivity index (χ2n) is 11.2. The summed E-state index contributed by atoms with van der Waals surface area (Å²) in [4.78, 5) is 16.8. The van der Waals surface area contributed by atoms with Gasteiger partial charge in [0.05, 0.1) is 0 Å². The number of allylic oxidation sites excluding steroid dienone is 1. The van der Waals surface area contributed by atoms with Crippen LogP contribution in [0, 0.1) is 13.8 Å². The van der Waals surface area contributed by atoms with Gasteiger partial charge in [-0.15, -0.1) is 22.7 Å². The Kier molecular flexibility index (Phi) is 5.81. The van der Waals surface area contributed by atoms with Gasteiger partial charge in [-0.05, 0) is 84.8 Å². The maximum Gasteiger partial charge on any atom is 0.190 e. The van der Waals surface area contributed by atoms with Crippen LogP contribution in [0.15, 0.2) is 103 Å². The summed E-state index contributed by atoms with van der Waals surface area (Å²) in [5.41, 5.74) is 7.34. The predicted molar refractivity (Wildman–Crippen MR) is 173 cm³/mol. The maximum absolute atomic E-state index is 13.3. The van der Waals surface area contributed by atoms with Gasteiger partial charge in [0, 0.05) is 42.2 Å². The fraction of sp³-hybridized carbons (Fsp3) is 0.139. The van der Waals surface area contributed by atoms with E-state index in [9.17, 15) is 4.79 Å². The fourth-order valence-electron chi connectivity index (χ4n) is 5.74. The van der Waals surface area contributed by atoms with E-state index in [1.54, 1.807) is 11.3 Å². The minimum Gasteiger partial charge on any atom is -0.302 e. The molecule has 1 aliphatic carbocycles. The molecule has 0 atom stereocenters. The van der Waals surface area contributed by atoms with Gasteiger partial charge in [0.15, 0.2) is 5.78 Å². The minimum atomic E-state index is -0.297. The second kappa shape index (κ2) is 9.29. The van der Waals surface area contributed by atoms with E-state index >= 15 is 0 Å². The van der Waals surface area contributed by atoms with Crippen molar-refractivity contribution < 1.29 is 4.79 Å². The average molecular weight is 556 g/mol.